The smallest absolute Gasteiger partial charge is 0.324 e. The third-order valence-electron chi connectivity index (χ3n) is 4.43. The average Bonchev–Trinajstić information content (AvgIpc) is 2.67. The van der Waals surface area contributed by atoms with Crippen LogP contribution in [0.5, 0.6) is 5.75 Å². The van der Waals surface area contributed by atoms with Crippen molar-refractivity contribution >= 4 is 73.4 Å². The number of hydrogen-bond acceptors (Lipinski definition) is 5. The van der Waals surface area contributed by atoms with E-state index in [1.54, 1.807) is 0 Å². The van der Waals surface area contributed by atoms with Crippen LogP contribution in [0.3, 0.4) is 0 Å². The van der Waals surface area contributed by atoms with Crippen LogP contribution < -0.4 is 10.6 Å². The molecule has 0 aliphatic carbocycles. The molecule has 162 valence electrons. The summed E-state index contributed by atoms with van der Waals surface area (Å²) in [6, 6.07) is 5.86. The molecule has 3 rings (SSSR count). The Balaban J connectivity index is 2.16. The summed E-state index contributed by atoms with van der Waals surface area (Å²) in [6.07, 6.45) is 0. The molecule has 0 atom stereocenters. The summed E-state index contributed by atoms with van der Waals surface area (Å²) in [4.78, 5) is 12.5. The first kappa shape index (κ1) is 23.3. The Bertz CT molecular complexity index is 1090. The van der Waals surface area contributed by atoms with Crippen LogP contribution in [0.15, 0.2) is 35.2 Å². The van der Waals surface area contributed by atoms with Gasteiger partial charge in [0.1, 0.15) is 16.4 Å². The number of urea groups is 1. The first-order valence-electron chi connectivity index (χ1n) is 8.46. The monoisotopic (exact) mass is 511 g/mol. The molecule has 8 nitrogen and oxygen atoms in total. The predicted octanol–water partition coefficient (Wildman–Crippen LogP) is 3.32. The van der Waals surface area contributed by atoms with Crippen molar-refractivity contribution in [2.75, 3.05) is 29.5 Å². The average molecular weight is 513 g/mol. The van der Waals surface area contributed by atoms with Gasteiger partial charge in [0.05, 0.1) is 39.5 Å². The minimum absolute atomic E-state index is 0.00853. The van der Waals surface area contributed by atoms with Gasteiger partial charge in [-0.3, -0.25) is 4.90 Å². The lowest BCUT2D eigenvalue weighted by Gasteiger charge is -2.29. The second-order valence-corrected chi connectivity index (χ2v) is 11.0. The second-order valence-electron chi connectivity index (χ2n) is 6.24. The molecule has 2 aromatic carbocycles. The quantitative estimate of drug-likeness (QED) is 0.608. The summed E-state index contributed by atoms with van der Waals surface area (Å²) in [5.74, 6) is -0.435. The van der Waals surface area contributed by atoms with E-state index in [0.717, 1.165) is 9.21 Å². The van der Waals surface area contributed by atoms with Crippen LogP contribution in [-0.2, 0) is 21.2 Å². The van der Waals surface area contributed by atoms with Crippen molar-refractivity contribution in [2.24, 2.45) is 5.73 Å². The lowest BCUT2D eigenvalue weighted by atomic mass is 10.2. The molecule has 0 unspecified atom stereocenters. The molecule has 1 heterocycles. The zero-order valence-electron chi connectivity index (χ0n) is 15.2. The summed E-state index contributed by atoms with van der Waals surface area (Å²) < 4.78 is 38.9. The summed E-state index contributed by atoms with van der Waals surface area (Å²) >= 11 is 17.2. The van der Waals surface area contributed by atoms with E-state index in [1.165, 1.54) is 30.3 Å². The lowest BCUT2D eigenvalue weighted by Crippen LogP contribution is -2.43. The summed E-state index contributed by atoms with van der Waals surface area (Å²) in [6.45, 7) is 0.0171. The van der Waals surface area contributed by atoms with E-state index < -0.39 is 37.9 Å². The number of aromatic hydroxyl groups is 1. The highest BCUT2D eigenvalue weighted by Crippen LogP contribution is 2.44. The van der Waals surface area contributed by atoms with Gasteiger partial charge in [0, 0.05) is 0 Å². The van der Waals surface area contributed by atoms with Gasteiger partial charge < -0.3 is 15.4 Å². The predicted molar refractivity (Wildman–Crippen MR) is 118 cm³/mol. The maximum Gasteiger partial charge on any atom is 0.324 e. The van der Waals surface area contributed by atoms with E-state index in [-0.39, 0.29) is 51.0 Å². The first-order chi connectivity index (χ1) is 14.1. The topological polar surface area (TPSA) is 127 Å². The molecule has 30 heavy (non-hydrogen) atoms. The number of phenols is 1. The zero-order chi connectivity index (χ0) is 22.2. The van der Waals surface area contributed by atoms with Gasteiger partial charge in [0.2, 0.25) is 10.0 Å². The minimum atomic E-state index is -4.25. The number of sulfonamides is 1. The van der Waals surface area contributed by atoms with Gasteiger partial charge in [0.25, 0.3) is 0 Å². The highest BCUT2D eigenvalue weighted by molar-refractivity contribution is 7.92. The summed E-state index contributed by atoms with van der Waals surface area (Å²) in [7, 11) is -4.25. The molecule has 1 saturated heterocycles. The maximum atomic E-state index is 13.1. The molecular weight excluding hydrogens is 497 g/mol. The largest absolute Gasteiger partial charge is 0.616 e. The zero-order valence-corrected chi connectivity index (χ0v) is 19.1. The number of carbonyl (C=O) groups is 1. The van der Waals surface area contributed by atoms with E-state index in [2.05, 4.69) is 0 Å². The number of hydrogen-bond donors (Lipinski definition) is 2. The number of benzene rings is 2. The van der Waals surface area contributed by atoms with Crippen molar-refractivity contribution in [1.29, 1.82) is 0 Å². The van der Waals surface area contributed by atoms with Crippen molar-refractivity contribution in [3.63, 3.8) is 0 Å². The Morgan fingerprint density at radius 1 is 1.10 bits per heavy atom. The molecule has 2 aromatic rings. The number of primary amides is 1. The normalized spacial score (nSPS) is 15.9. The van der Waals surface area contributed by atoms with Gasteiger partial charge in [-0.2, -0.15) is 4.31 Å². The molecule has 0 spiro atoms. The van der Waals surface area contributed by atoms with Crippen LogP contribution in [0.4, 0.5) is 16.2 Å². The highest BCUT2D eigenvalue weighted by Gasteiger charge is 2.36. The molecule has 0 bridgehead atoms. The number of nitrogens with zero attached hydrogens (tertiary/aromatic N) is 2. The Hall–Kier alpha value is -1.40. The van der Waals surface area contributed by atoms with E-state index in [4.69, 9.17) is 40.5 Å². The van der Waals surface area contributed by atoms with Crippen molar-refractivity contribution in [3.05, 3.63) is 45.4 Å². The number of amides is 2. The number of carbonyl (C=O) groups excluding carboxylic acids is 1. The number of halogens is 3. The van der Waals surface area contributed by atoms with Gasteiger partial charge in [0.15, 0.2) is 5.75 Å². The standard InChI is InChI=1S/C17H16Cl3N3O5S2/c18-10-2-1-3-12(14(10)20)23(17(21)25)13-5-4-11(19)16(15(13)24)30(27,28)22-6-8-29(26)9-7-22/h1-5,24H,6-9H2,(H2,21,25). The van der Waals surface area contributed by atoms with Crippen molar-refractivity contribution in [3.8, 4) is 5.75 Å². The second kappa shape index (κ2) is 8.99. The Labute approximate surface area is 191 Å². The molecule has 1 fully saturated rings. The molecule has 2 amide bonds. The van der Waals surface area contributed by atoms with Crippen LogP contribution in [0.25, 0.3) is 0 Å². The molecule has 13 heteroatoms. The Morgan fingerprint density at radius 3 is 2.33 bits per heavy atom. The van der Waals surface area contributed by atoms with E-state index in [9.17, 15) is 22.9 Å². The first-order valence-corrected chi connectivity index (χ1v) is 12.5. The number of phenolic OH excluding ortho intramolecular Hbond substituents is 1. The molecule has 0 aromatic heterocycles. The van der Waals surface area contributed by atoms with Gasteiger partial charge in [-0.15, -0.1) is 0 Å². The third-order valence-corrected chi connectivity index (χ3v) is 8.92. The number of nitrogens with two attached hydrogens (primary N) is 1. The van der Waals surface area contributed by atoms with Crippen molar-refractivity contribution in [2.45, 2.75) is 4.90 Å². The van der Waals surface area contributed by atoms with Gasteiger partial charge in [-0.25, -0.2) is 13.2 Å². The van der Waals surface area contributed by atoms with Crippen LogP contribution in [0, 0.1) is 0 Å². The molecule has 0 radical (unpaired) electrons. The summed E-state index contributed by atoms with van der Waals surface area (Å²) in [5, 5.41) is 10.7. The van der Waals surface area contributed by atoms with Crippen molar-refractivity contribution in [1.82, 2.24) is 4.31 Å². The lowest BCUT2D eigenvalue weighted by molar-refractivity contribution is 0.256. The Kier molecular flexibility index (Phi) is 6.97. The highest BCUT2D eigenvalue weighted by atomic mass is 35.5. The van der Waals surface area contributed by atoms with E-state index >= 15 is 0 Å². The third kappa shape index (κ3) is 4.31. The van der Waals surface area contributed by atoms with Gasteiger partial charge >= 0.3 is 6.03 Å². The molecule has 0 saturated carbocycles. The number of anilines is 2. The Morgan fingerprint density at radius 2 is 1.73 bits per heavy atom. The van der Waals surface area contributed by atoms with Crippen LogP contribution in [0.2, 0.25) is 15.1 Å². The van der Waals surface area contributed by atoms with Crippen LogP contribution in [-0.4, -0.2) is 53.0 Å². The van der Waals surface area contributed by atoms with Crippen LogP contribution in [0.1, 0.15) is 0 Å². The molecular formula is C17H16Cl3N3O5S2. The number of rotatable bonds is 4. The van der Waals surface area contributed by atoms with E-state index in [0.29, 0.717) is 0 Å². The molecule has 1 aliphatic rings. The van der Waals surface area contributed by atoms with Crippen LogP contribution >= 0.6 is 34.8 Å². The fourth-order valence-corrected chi connectivity index (χ4v) is 6.68. The fraction of sp³-hybridized carbons (Fsp3) is 0.235. The van der Waals surface area contributed by atoms with E-state index in [1.807, 2.05) is 0 Å². The molecule has 1 aliphatic heterocycles. The SMILES string of the molecule is NC(=O)N(c1ccc(Cl)c(S(=O)(=O)N2CC[S+]([O-])CC2)c1O)c1cccc(Cl)c1Cl. The minimum Gasteiger partial charge on any atom is -0.616 e. The maximum absolute atomic E-state index is 13.1. The van der Waals surface area contributed by atoms with Crippen molar-refractivity contribution < 1.29 is 22.9 Å². The van der Waals surface area contributed by atoms with Gasteiger partial charge in [-0.1, -0.05) is 52.0 Å². The molecule has 3 N–H and O–H groups in total. The fourth-order valence-electron chi connectivity index (χ4n) is 2.98. The van der Waals surface area contributed by atoms with Gasteiger partial charge in [-0.05, 0) is 24.3 Å². The summed E-state index contributed by atoms with van der Waals surface area (Å²) in [5.41, 5.74) is 5.30.